The lowest BCUT2D eigenvalue weighted by molar-refractivity contribution is -0.131. The van der Waals surface area contributed by atoms with Crippen molar-refractivity contribution in [2.75, 3.05) is 45.8 Å². The van der Waals surface area contributed by atoms with E-state index in [9.17, 15) is 4.79 Å². The molecule has 1 saturated heterocycles. The average molecular weight is 237 g/mol. The molecule has 0 radical (unpaired) electrons. The maximum absolute atomic E-state index is 11.9. The molecular formula is C13H23N3O. The number of carbonyl (C=O) groups is 1. The average Bonchev–Trinajstić information content (AvgIpc) is 3.14. The van der Waals surface area contributed by atoms with E-state index in [-0.39, 0.29) is 5.91 Å². The summed E-state index contributed by atoms with van der Waals surface area (Å²) in [6.07, 6.45) is 4.59. The predicted molar refractivity (Wildman–Crippen MR) is 68.8 cm³/mol. The van der Waals surface area contributed by atoms with Crippen LogP contribution >= 0.6 is 0 Å². The van der Waals surface area contributed by atoms with E-state index in [1.165, 1.54) is 12.8 Å². The minimum absolute atomic E-state index is 0.254. The zero-order valence-electron chi connectivity index (χ0n) is 10.5. The fourth-order valence-corrected chi connectivity index (χ4v) is 2.18. The summed E-state index contributed by atoms with van der Waals surface area (Å²) >= 11 is 0. The lowest BCUT2D eigenvalue weighted by atomic mass is 10.3. The van der Waals surface area contributed by atoms with Crippen molar-refractivity contribution < 1.29 is 4.79 Å². The Balaban J connectivity index is 1.61. The molecule has 1 N–H and O–H groups in total. The van der Waals surface area contributed by atoms with Crippen LogP contribution in [0.2, 0.25) is 0 Å². The second-order valence-corrected chi connectivity index (χ2v) is 5.04. The van der Waals surface area contributed by atoms with Crippen LogP contribution in [0.5, 0.6) is 0 Å². The third-order valence-electron chi connectivity index (χ3n) is 3.52. The van der Waals surface area contributed by atoms with Gasteiger partial charge in [-0.05, 0) is 25.3 Å². The Morgan fingerprint density at radius 2 is 2.00 bits per heavy atom. The van der Waals surface area contributed by atoms with Gasteiger partial charge in [-0.2, -0.15) is 0 Å². The van der Waals surface area contributed by atoms with Crippen molar-refractivity contribution in [3.8, 4) is 0 Å². The minimum Gasteiger partial charge on any atom is -0.339 e. The quantitative estimate of drug-likeness (QED) is 0.676. The van der Waals surface area contributed by atoms with Crippen LogP contribution in [0.1, 0.15) is 12.8 Å². The number of hydrogen-bond donors (Lipinski definition) is 1. The van der Waals surface area contributed by atoms with Crippen LogP contribution in [0.3, 0.4) is 0 Å². The Kier molecular flexibility index (Phi) is 4.57. The maximum Gasteiger partial charge on any atom is 0.236 e. The zero-order chi connectivity index (χ0) is 12.1. The number of piperazine rings is 1. The van der Waals surface area contributed by atoms with Gasteiger partial charge in [0.15, 0.2) is 0 Å². The number of nitrogens with one attached hydrogen (secondary N) is 1. The first kappa shape index (κ1) is 12.6. The fourth-order valence-electron chi connectivity index (χ4n) is 2.18. The third-order valence-corrected chi connectivity index (χ3v) is 3.52. The Hall–Kier alpha value is -0.870. The molecule has 1 aliphatic carbocycles. The molecule has 4 heteroatoms. The van der Waals surface area contributed by atoms with Crippen LogP contribution in [0.4, 0.5) is 0 Å². The summed E-state index contributed by atoms with van der Waals surface area (Å²) in [5.74, 6) is 1.09. The molecular weight excluding hydrogens is 214 g/mol. The Morgan fingerprint density at radius 3 is 2.59 bits per heavy atom. The Labute approximate surface area is 104 Å². The number of carbonyl (C=O) groups excluding carboxylic acids is 1. The number of rotatable bonds is 6. The van der Waals surface area contributed by atoms with Gasteiger partial charge in [0.1, 0.15) is 0 Å². The van der Waals surface area contributed by atoms with Crippen molar-refractivity contribution in [2.24, 2.45) is 5.92 Å². The van der Waals surface area contributed by atoms with E-state index < -0.39 is 0 Å². The van der Waals surface area contributed by atoms with Gasteiger partial charge >= 0.3 is 0 Å². The van der Waals surface area contributed by atoms with Crippen LogP contribution in [-0.2, 0) is 4.79 Å². The topological polar surface area (TPSA) is 35.6 Å². The molecule has 0 spiro atoms. The lowest BCUT2D eigenvalue weighted by Gasteiger charge is -2.34. The molecule has 0 aromatic rings. The van der Waals surface area contributed by atoms with Gasteiger partial charge < -0.3 is 10.2 Å². The van der Waals surface area contributed by atoms with Gasteiger partial charge in [-0.25, -0.2) is 0 Å². The molecule has 0 unspecified atom stereocenters. The maximum atomic E-state index is 11.9. The molecule has 2 rings (SSSR count). The zero-order valence-corrected chi connectivity index (χ0v) is 10.5. The SMILES string of the molecule is C=CCN1CCN(C(=O)CNCC2CC2)CC1. The number of nitrogens with zero attached hydrogens (tertiary/aromatic N) is 2. The van der Waals surface area contributed by atoms with Gasteiger partial charge in [0.05, 0.1) is 6.54 Å². The Morgan fingerprint density at radius 1 is 1.29 bits per heavy atom. The minimum atomic E-state index is 0.254. The van der Waals surface area contributed by atoms with Crippen molar-refractivity contribution in [2.45, 2.75) is 12.8 Å². The molecule has 96 valence electrons. The molecule has 2 fully saturated rings. The first-order chi connectivity index (χ1) is 8.29. The number of hydrogen-bond acceptors (Lipinski definition) is 3. The summed E-state index contributed by atoms with van der Waals surface area (Å²) in [5, 5.41) is 3.26. The van der Waals surface area contributed by atoms with Crippen molar-refractivity contribution in [3.05, 3.63) is 12.7 Å². The van der Waals surface area contributed by atoms with Crippen LogP contribution < -0.4 is 5.32 Å². The van der Waals surface area contributed by atoms with Gasteiger partial charge in [-0.15, -0.1) is 6.58 Å². The molecule has 1 heterocycles. The summed E-state index contributed by atoms with van der Waals surface area (Å²) in [7, 11) is 0. The largest absolute Gasteiger partial charge is 0.339 e. The smallest absolute Gasteiger partial charge is 0.236 e. The van der Waals surface area contributed by atoms with Gasteiger partial charge in [0.2, 0.25) is 5.91 Å². The molecule has 1 aliphatic heterocycles. The van der Waals surface area contributed by atoms with E-state index in [0.717, 1.165) is 45.2 Å². The normalized spacial score (nSPS) is 21.5. The molecule has 17 heavy (non-hydrogen) atoms. The summed E-state index contributed by atoms with van der Waals surface area (Å²) in [4.78, 5) is 16.2. The Bertz CT molecular complexity index is 268. The summed E-state index contributed by atoms with van der Waals surface area (Å²) in [6, 6.07) is 0. The van der Waals surface area contributed by atoms with Gasteiger partial charge in [-0.1, -0.05) is 6.08 Å². The predicted octanol–water partition coefficient (Wildman–Crippen LogP) is 0.316. The van der Waals surface area contributed by atoms with Gasteiger partial charge in [0, 0.05) is 32.7 Å². The van der Waals surface area contributed by atoms with Crippen molar-refractivity contribution in [1.82, 2.24) is 15.1 Å². The van der Waals surface area contributed by atoms with Crippen molar-refractivity contribution >= 4 is 5.91 Å². The van der Waals surface area contributed by atoms with Crippen molar-refractivity contribution in [3.63, 3.8) is 0 Å². The van der Waals surface area contributed by atoms with E-state index in [0.29, 0.717) is 6.54 Å². The highest BCUT2D eigenvalue weighted by molar-refractivity contribution is 5.78. The molecule has 0 bridgehead atoms. The highest BCUT2D eigenvalue weighted by Crippen LogP contribution is 2.27. The molecule has 2 aliphatic rings. The van der Waals surface area contributed by atoms with Crippen LogP contribution in [0.15, 0.2) is 12.7 Å². The summed E-state index contributed by atoms with van der Waals surface area (Å²) in [6.45, 7) is 9.86. The van der Waals surface area contributed by atoms with Crippen LogP contribution in [0.25, 0.3) is 0 Å². The molecule has 1 amide bonds. The second-order valence-electron chi connectivity index (χ2n) is 5.04. The lowest BCUT2D eigenvalue weighted by Crippen LogP contribution is -2.50. The van der Waals surface area contributed by atoms with E-state index in [1.54, 1.807) is 0 Å². The standard InChI is InChI=1S/C13H23N3O/c1-2-5-15-6-8-16(9-7-15)13(17)11-14-10-12-3-4-12/h2,12,14H,1,3-11H2. The first-order valence-corrected chi connectivity index (χ1v) is 6.61. The summed E-state index contributed by atoms with van der Waals surface area (Å²) in [5.41, 5.74) is 0. The molecule has 0 atom stereocenters. The van der Waals surface area contributed by atoms with E-state index in [4.69, 9.17) is 0 Å². The second kappa shape index (κ2) is 6.17. The highest BCUT2D eigenvalue weighted by Gasteiger charge is 2.22. The van der Waals surface area contributed by atoms with Crippen molar-refractivity contribution in [1.29, 1.82) is 0 Å². The van der Waals surface area contributed by atoms with E-state index in [2.05, 4.69) is 16.8 Å². The van der Waals surface area contributed by atoms with E-state index >= 15 is 0 Å². The third kappa shape index (κ3) is 4.13. The van der Waals surface area contributed by atoms with Gasteiger partial charge in [0.25, 0.3) is 0 Å². The van der Waals surface area contributed by atoms with E-state index in [1.807, 2.05) is 11.0 Å². The number of amides is 1. The monoisotopic (exact) mass is 237 g/mol. The molecule has 0 aromatic heterocycles. The van der Waals surface area contributed by atoms with Gasteiger partial charge in [-0.3, -0.25) is 9.69 Å². The van der Waals surface area contributed by atoms with Crippen LogP contribution in [-0.4, -0.2) is 61.5 Å². The van der Waals surface area contributed by atoms with Crippen LogP contribution in [0, 0.1) is 5.92 Å². The first-order valence-electron chi connectivity index (χ1n) is 6.61. The highest BCUT2D eigenvalue weighted by atomic mass is 16.2. The fraction of sp³-hybridized carbons (Fsp3) is 0.769. The molecule has 1 saturated carbocycles. The summed E-state index contributed by atoms with van der Waals surface area (Å²) < 4.78 is 0. The molecule has 4 nitrogen and oxygen atoms in total. The molecule has 0 aromatic carbocycles.